The Balaban J connectivity index is 2.23. The van der Waals surface area contributed by atoms with Crippen LogP contribution >= 0.6 is 0 Å². The average molecular weight is 180 g/mol. The Morgan fingerprint density at radius 3 is 3.08 bits per heavy atom. The monoisotopic (exact) mass is 180 g/mol. The highest BCUT2D eigenvalue weighted by atomic mass is 16.3. The van der Waals surface area contributed by atoms with Gasteiger partial charge >= 0.3 is 0 Å². The first-order valence-corrected chi connectivity index (χ1v) is 4.95. The van der Waals surface area contributed by atoms with Gasteiger partial charge in [0.05, 0.1) is 5.69 Å². The molecule has 13 heavy (non-hydrogen) atoms. The fraction of sp³-hybridized carbons (Fsp3) is 0.700. The number of hydrogen-bond donors (Lipinski definition) is 1. The van der Waals surface area contributed by atoms with Crippen molar-refractivity contribution in [2.45, 2.75) is 38.6 Å². The second-order valence-electron chi connectivity index (χ2n) is 3.88. The molecular weight excluding hydrogens is 164 g/mol. The zero-order valence-corrected chi connectivity index (χ0v) is 7.99. The van der Waals surface area contributed by atoms with Gasteiger partial charge in [0.2, 0.25) is 0 Å². The molecule has 2 N–H and O–H groups in total. The van der Waals surface area contributed by atoms with E-state index in [1.54, 1.807) is 0 Å². The molecule has 0 amide bonds. The Bertz CT molecular complexity index is 282. The van der Waals surface area contributed by atoms with Crippen molar-refractivity contribution in [2.24, 2.45) is 11.7 Å². The van der Waals surface area contributed by atoms with E-state index < -0.39 is 0 Å². The van der Waals surface area contributed by atoms with Gasteiger partial charge in [0.1, 0.15) is 5.76 Å². The minimum Gasteiger partial charge on any atom is -0.448 e. The maximum atomic E-state index is 5.59. The summed E-state index contributed by atoms with van der Waals surface area (Å²) in [5.41, 5.74) is 6.53. The van der Waals surface area contributed by atoms with Crippen molar-refractivity contribution in [2.75, 3.05) is 0 Å². The van der Waals surface area contributed by atoms with Crippen molar-refractivity contribution in [1.29, 1.82) is 0 Å². The summed E-state index contributed by atoms with van der Waals surface area (Å²) in [6, 6.07) is 0. The quantitative estimate of drug-likeness (QED) is 0.757. The van der Waals surface area contributed by atoms with Crippen molar-refractivity contribution in [1.82, 2.24) is 4.98 Å². The van der Waals surface area contributed by atoms with Crippen LogP contribution in [-0.2, 0) is 6.54 Å². The molecular formula is C10H16N2O. The highest BCUT2D eigenvalue weighted by molar-refractivity contribution is 5.14. The predicted molar refractivity (Wildman–Crippen MR) is 50.2 cm³/mol. The van der Waals surface area contributed by atoms with Gasteiger partial charge in [-0.15, -0.1) is 0 Å². The zero-order chi connectivity index (χ0) is 9.26. The van der Waals surface area contributed by atoms with E-state index >= 15 is 0 Å². The van der Waals surface area contributed by atoms with Gasteiger partial charge in [-0.05, 0) is 18.8 Å². The van der Waals surface area contributed by atoms with Gasteiger partial charge in [-0.3, -0.25) is 0 Å². The molecule has 3 heteroatoms. The van der Waals surface area contributed by atoms with E-state index in [1.807, 2.05) is 0 Å². The lowest BCUT2D eigenvalue weighted by atomic mass is 9.94. The predicted octanol–water partition coefficient (Wildman–Crippen LogP) is 2.04. The molecule has 72 valence electrons. The SMILES string of the molecule is CC1CCCC1c1ocnc1CN. The van der Waals surface area contributed by atoms with Crippen LogP contribution in [0.15, 0.2) is 10.8 Å². The second-order valence-corrected chi connectivity index (χ2v) is 3.88. The maximum Gasteiger partial charge on any atom is 0.181 e. The van der Waals surface area contributed by atoms with E-state index in [4.69, 9.17) is 10.2 Å². The molecule has 2 rings (SSSR count). The molecule has 2 atom stereocenters. The summed E-state index contributed by atoms with van der Waals surface area (Å²) in [7, 11) is 0. The molecule has 3 nitrogen and oxygen atoms in total. The lowest BCUT2D eigenvalue weighted by molar-refractivity contribution is 0.409. The van der Waals surface area contributed by atoms with Crippen molar-refractivity contribution in [3.63, 3.8) is 0 Å². The van der Waals surface area contributed by atoms with E-state index in [0.717, 1.165) is 17.4 Å². The molecule has 1 saturated carbocycles. The Morgan fingerprint density at radius 2 is 2.46 bits per heavy atom. The molecule has 2 unspecified atom stereocenters. The first kappa shape index (κ1) is 8.75. The van der Waals surface area contributed by atoms with E-state index in [-0.39, 0.29) is 0 Å². The fourth-order valence-electron chi connectivity index (χ4n) is 2.27. The summed E-state index contributed by atoms with van der Waals surface area (Å²) in [6.07, 6.45) is 5.35. The number of aromatic nitrogens is 1. The third kappa shape index (κ3) is 1.48. The fourth-order valence-corrected chi connectivity index (χ4v) is 2.27. The van der Waals surface area contributed by atoms with Gasteiger partial charge in [0.25, 0.3) is 0 Å². The van der Waals surface area contributed by atoms with Crippen LogP contribution < -0.4 is 5.73 Å². The van der Waals surface area contributed by atoms with Gasteiger partial charge in [0, 0.05) is 12.5 Å². The normalized spacial score (nSPS) is 28.2. The Hall–Kier alpha value is -0.830. The second kappa shape index (κ2) is 3.50. The Kier molecular flexibility index (Phi) is 2.36. The van der Waals surface area contributed by atoms with Crippen molar-refractivity contribution < 1.29 is 4.42 Å². The van der Waals surface area contributed by atoms with Crippen LogP contribution in [-0.4, -0.2) is 4.98 Å². The molecule has 1 heterocycles. The molecule has 1 fully saturated rings. The molecule has 0 spiro atoms. The van der Waals surface area contributed by atoms with Gasteiger partial charge in [0.15, 0.2) is 6.39 Å². The summed E-state index contributed by atoms with van der Waals surface area (Å²) in [4.78, 5) is 4.12. The molecule has 0 aromatic carbocycles. The van der Waals surface area contributed by atoms with Crippen LogP contribution in [0.1, 0.15) is 43.6 Å². The van der Waals surface area contributed by atoms with Gasteiger partial charge in [-0.25, -0.2) is 4.98 Å². The lowest BCUT2D eigenvalue weighted by Gasteiger charge is -2.12. The Morgan fingerprint density at radius 1 is 1.62 bits per heavy atom. The summed E-state index contributed by atoms with van der Waals surface area (Å²) in [5, 5.41) is 0. The number of rotatable bonds is 2. The van der Waals surface area contributed by atoms with Crippen LogP contribution in [0.25, 0.3) is 0 Å². The first-order chi connectivity index (χ1) is 6.33. The van der Waals surface area contributed by atoms with Crippen molar-refractivity contribution in [3.05, 3.63) is 17.8 Å². The summed E-state index contributed by atoms with van der Waals surface area (Å²) in [5.74, 6) is 2.31. The molecule has 1 aliphatic rings. The topological polar surface area (TPSA) is 52.0 Å². The first-order valence-electron chi connectivity index (χ1n) is 4.95. The smallest absolute Gasteiger partial charge is 0.181 e. The molecule has 0 saturated heterocycles. The molecule has 1 aliphatic carbocycles. The molecule has 0 bridgehead atoms. The number of oxazole rings is 1. The summed E-state index contributed by atoms with van der Waals surface area (Å²) >= 11 is 0. The maximum absolute atomic E-state index is 5.59. The largest absolute Gasteiger partial charge is 0.448 e. The average Bonchev–Trinajstić information content (AvgIpc) is 2.71. The highest BCUT2D eigenvalue weighted by Gasteiger charge is 2.29. The van der Waals surface area contributed by atoms with E-state index in [0.29, 0.717) is 12.5 Å². The van der Waals surface area contributed by atoms with Crippen molar-refractivity contribution in [3.8, 4) is 0 Å². The minimum absolute atomic E-state index is 0.495. The van der Waals surface area contributed by atoms with Crippen LogP contribution in [0, 0.1) is 5.92 Å². The molecule has 0 radical (unpaired) electrons. The van der Waals surface area contributed by atoms with E-state index in [1.165, 1.54) is 25.7 Å². The number of nitrogens with two attached hydrogens (primary N) is 1. The van der Waals surface area contributed by atoms with E-state index in [9.17, 15) is 0 Å². The van der Waals surface area contributed by atoms with Crippen LogP contribution in [0.3, 0.4) is 0 Å². The van der Waals surface area contributed by atoms with Crippen LogP contribution in [0.4, 0.5) is 0 Å². The summed E-state index contributed by atoms with van der Waals surface area (Å²) in [6.45, 7) is 2.77. The zero-order valence-electron chi connectivity index (χ0n) is 7.99. The van der Waals surface area contributed by atoms with Crippen LogP contribution in [0.5, 0.6) is 0 Å². The highest BCUT2D eigenvalue weighted by Crippen LogP contribution is 2.40. The molecule has 0 aliphatic heterocycles. The third-order valence-corrected chi connectivity index (χ3v) is 3.06. The molecule has 1 aromatic rings. The number of nitrogens with zero attached hydrogens (tertiary/aromatic N) is 1. The standard InChI is InChI=1S/C10H16N2O/c1-7-3-2-4-8(7)10-9(5-11)12-6-13-10/h6-8H,2-5,11H2,1H3. The van der Waals surface area contributed by atoms with Crippen LogP contribution in [0.2, 0.25) is 0 Å². The third-order valence-electron chi connectivity index (χ3n) is 3.06. The lowest BCUT2D eigenvalue weighted by Crippen LogP contribution is -2.07. The summed E-state index contributed by atoms with van der Waals surface area (Å²) < 4.78 is 5.42. The van der Waals surface area contributed by atoms with Crippen molar-refractivity contribution >= 4 is 0 Å². The minimum atomic E-state index is 0.495. The van der Waals surface area contributed by atoms with E-state index in [2.05, 4.69) is 11.9 Å². The Labute approximate surface area is 78.3 Å². The number of hydrogen-bond acceptors (Lipinski definition) is 3. The van der Waals surface area contributed by atoms with Gasteiger partial charge < -0.3 is 10.2 Å². The van der Waals surface area contributed by atoms with Gasteiger partial charge in [-0.1, -0.05) is 13.3 Å². The van der Waals surface area contributed by atoms with Gasteiger partial charge in [-0.2, -0.15) is 0 Å². The molecule has 1 aromatic heterocycles.